The average molecular weight is 308 g/mol. The molecule has 2 atom stereocenters. The minimum atomic E-state index is -0.835. The molecule has 1 amide bonds. The van der Waals surface area contributed by atoms with Gasteiger partial charge in [-0.15, -0.1) is 0 Å². The molecule has 2 aliphatic rings. The fourth-order valence-electron chi connectivity index (χ4n) is 3.49. The molecular weight excluding hydrogens is 290 g/mol. The zero-order valence-corrected chi connectivity index (χ0v) is 12.9. The van der Waals surface area contributed by atoms with E-state index in [1.165, 1.54) is 0 Å². The van der Waals surface area contributed by atoms with Gasteiger partial charge in [-0.3, -0.25) is 9.59 Å². The second kappa shape index (κ2) is 5.11. The second-order valence-electron chi connectivity index (χ2n) is 5.98. The van der Waals surface area contributed by atoms with Crippen LogP contribution < -0.4 is 5.32 Å². The third kappa shape index (κ3) is 2.27. The van der Waals surface area contributed by atoms with E-state index in [-0.39, 0.29) is 18.3 Å². The zero-order chi connectivity index (χ0) is 15.2. The Morgan fingerprint density at radius 1 is 1.29 bits per heavy atom. The summed E-state index contributed by atoms with van der Waals surface area (Å²) in [7, 11) is 0. The number of hydrogen-bond donors (Lipinski definition) is 1. The lowest BCUT2D eigenvalue weighted by atomic mass is 9.81. The van der Waals surface area contributed by atoms with Crippen LogP contribution in [-0.2, 0) is 14.3 Å². The van der Waals surface area contributed by atoms with E-state index < -0.39 is 11.5 Å². The van der Waals surface area contributed by atoms with Crippen LogP contribution in [0.3, 0.4) is 0 Å². The Morgan fingerprint density at radius 2 is 1.95 bits per heavy atom. The molecule has 0 aromatic heterocycles. The first-order valence-electron chi connectivity index (χ1n) is 7.15. The molecule has 1 aromatic carbocycles. The molecule has 2 heterocycles. The molecule has 4 nitrogen and oxygen atoms in total. The minimum Gasteiger partial charge on any atom is -0.379 e. The number of ether oxygens (including phenoxy) is 1. The van der Waals surface area contributed by atoms with Crippen LogP contribution in [0.1, 0.15) is 35.4 Å². The maximum Gasteiger partial charge on any atom is 0.236 e. The van der Waals surface area contributed by atoms with Crippen molar-refractivity contribution in [1.29, 1.82) is 0 Å². The minimum absolute atomic E-state index is 0.0688. The molecule has 2 unspecified atom stereocenters. The zero-order valence-electron chi connectivity index (χ0n) is 12.2. The van der Waals surface area contributed by atoms with Crippen molar-refractivity contribution in [3.63, 3.8) is 0 Å². The van der Waals surface area contributed by atoms with E-state index in [4.69, 9.17) is 16.3 Å². The molecule has 0 aliphatic carbocycles. The Balaban J connectivity index is 2.04. The van der Waals surface area contributed by atoms with E-state index in [9.17, 15) is 9.59 Å². The summed E-state index contributed by atoms with van der Waals surface area (Å²) in [5, 5.41) is 3.51. The molecule has 2 aliphatic heterocycles. The lowest BCUT2D eigenvalue weighted by Gasteiger charge is -2.31. The number of carbonyl (C=O) groups is 2. The standard InChI is InChI=1S/C16H18ClNO3/c1-9-6-11(17)7-10(2)12(9)13-14(19)16(18-15(13)20)4-3-5-21-8-16/h6-7,13H,3-5,8H2,1-2H3,(H,18,20). The molecule has 1 spiro atoms. The van der Waals surface area contributed by atoms with Crippen molar-refractivity contribution in [3.8, 4) is 0 Å². The first-order chi connectivity index (χ1) is 9.94. The third-order valence-corrected chi connectivity index (χ3v) is 4.66. The summed E-state index contributed by atoms with van der Waals surface area (Å²) in [6.07, 6.45) is 1.44. The van der Waals surface area contributed by atoms with Crippen molar-refractivity contribution in [3.05, 3.63) is 33.8 Å². The normalized spacial score (nSPS) is 29.0. The van der Waals surface area contributed by atoms with E-state index in [0.717, 1.165) is 23.1 Å². The van der Waals surface area contributed by atoms with Gasteiger partial charge in [0.05, 0.1) is 6.61 Å². The maximum absolute atomic E-state index is 12.9. The lowest BCUT2D eigenvalue weighted by Crippen LogP contribution is -2.52. The summed E-state index contributed by atoms with van der Waals surface area (Å²) in [6.45, 7) is 4.70. The van der Waals surface area contributed by atoms with Crippen molar-refractivity contribution in [2.24, 2.45) is 0 Å². The topological polar surface area (TPSA) is 55.4 Å². The van der Waals surface area contributed by atoms with E-state index >= 15 is 0 Å². The molecular formula is C16H18ClNO3. The summed E-state index contributed by atoms with van der Waals surface area (Å²) < 4.78 is 5.43. The van der Waals surface area contributed by atoms with Crippen LogP contribution in [0.25, 0.3) is 0 Å². The molecule has 1 N–H and O–H groups in total. The summed E-state index contributed by atoms with van der Waals surface area (Å²) >= 11 is 6.04. The van der Waals surface area contributed by atoms with Crippen molar-refractivity contribution in [2.45, 2.75) is 38.1 Å². The van der Waals surface area contributed by atoms with Gasteiger partial charge in [-0.05, 0) is 55.5 Å². The fourth-order valence-corrected chi connectivity index (χ4v) is 3.82. The number of benzene rings is 1. The summed E-state index contributed by atoms with van der Waals surface area (Å²) in [5.74, 6) is -1.04. The van der Waals surface area contributed by atoms with Gasteiger partial charge in [0.1, 0.15) is 11.5 Å². The van der Waals surface area contributed by atoms with Crippen LogP contribution in [0.5, 0.6) is 0 Å². The van der Waals surface area contributed by atoms with Crippen LogP contribution in [0.2, 0.25) is 5.02 Å². The quantitative estimate of drug-likeness (QED) is 0.810. The van der Waals surface area contributed by atoms with Gasteiger partial charge >= 0.3 is 0 Å². The monoisotopic (exact) mass is 307 g/mol. The first-order valence-corrected chi connectivity index (χ1v) is 7.53. The Labute approximate surface area is 128 Å². The van der Waals surface area contributed by atoms with Gasteiger partial charge in [0.15, 0.2) is 5.78 Å². The average Bonchev–Trinajstić information content (AvgIpc) is 2.63. The van der Waals surface area contributed by atoms with Gasteiger partial charge in [0.25, 0.3) is 0 Å². The van der Waals surface area contributed by atoms with Crippen molar-refractivity contribution in [1.82, 2.24) is 5.32 Å². The highest BCUT2D eigenvalue weighted by Crippen LogP contribution is 2.37. The number of rotatable bonds is 1. The summed E-state index contributed by atoms with van der Waals surface area (Å²) in [4.78, 5) is 25.3. The van der Waals surface area contributed by atoms with Gasteiger partial charge < -0.3 is 10.1 Å². The highest BCUT2D eigenvalue weighted by Gasteiger charge is 2.54. The van der Waals surface area contributed by atoms with Crippen LogP contribution in [-0.4, -0.2) is 30.4 Å². The summed E-state index contributed by atoms with van der Waals surface area (Å²) in [5.41, 5.74) is 1.70. The molecule has 0 saturated carbocycles. The SMILES string of the molecule is Cc1cc(Cl)cc(C)c1C1C(=O)NC2(CCCOC2)C1=O. The molecule has 1 aromatic rings. The molecule has 2 fully saturated rings. The maximum atomic E-state index is 12.9. The van der Waals surface area contributed by atoms with Crippen molar-refractivity contribution >= 4 is 23.3 Å². The molecule has 112 valence electrons. The van der Waals surface area contributed by atoms with E-state index in [0.29, 0.717) is 18.1 Å². The molecule has 0 radical (unpaired) electrons. The van der Waals surface area contributed by atoms with Gasteiger partial charge in [-0.1, -0.05) is 11.6 Å². The number of halogens is 1. The number of nitrogens with one attached hydrogen (secondary N) is 1. The van der Waals surface area contributed by atoms with Crippen LogP contribution in [0.4, 0.5) is 0 Å². The number of hydrogen-bond acceptors (Lipinski definition) is 3. The smallest absolute Gasteiger partial charge is 0.236 e. The number of amides is 1. The highest BCUT2D eigenvalue weighted by molar-refractivity contribution is 6.30. The number of Topliss-reactive ketones (excluding diaryl/α,β-unsaturated/α-hetero) is 1. The van der Waals surface area contributed by atoms with Crippen LogP contribution >= 0.6 is 11.6 Å². The van der Waals surface area contributed by atoms with Crippen molar-refractivity contribution in [2.75, 3.05) is 13.2 Å². The first kappa shape index (κ1) is 14.5. The molecule has 2 saturated heterocycles. The Kier molecular flexibility index (Phi) is 3.54. The summed E-state index contributed by atoms with van der Waals surface area (Å²) in [6, 6.07) is 3.60. The predicted molar refractivity (Wildman–Crippen MR) is 79.6 cm³/mol. The van der Waals surface area contributed by atoms with Gasteiger partial charge in [-0.2, -0.15) is 0 Å². The molecule has 21 heavy (non-hydrogen) atoms. The Morgan fingerprint density at radius 3 is 2.52 bits per heavy atom. The van der Waals surface area contributed by atoms with Gasteiger partial charge in [0, 0.05) is 11.6 Å². The van der Waals surface area contributed by atoms with E-state index in [2.05, 4.69) is 5.32 Å². The molecule has 3 rings (SSSR count). The lowest BCUT2D eigenvalue weighted by molar-refractivity contribution is -0.128. The van der Waals surface area contributed by atoms with Gasteiger partial charge in [-0.25, -0.2) is 0 Å². The number of aryl methyl sites for hydroxylation is 2. The van der Waals surface area contributed by atoms with E-state index in [1.807, 2.05) is 13.8 Å². The number of ketones is 1. The van der Waals surface area contributed by atoms with Crippen LogP contribution in [0.15, 0.2) is 12.1 Å². The Hall–Kier alpha value is -1.39. The largest absolute Gasteiger partial charge is 0.379 e. The third-order valence-electron chi connectivity index (χ3n) is 4.45. The number of carbonyl (C=O) groups excluding carboxylic acids is 2. The molecule has 5 heteroatoms. The van der Waals surface area contributed by atoms with E-state index in [1.54, 1.807) is 12.1 Å². The highest BCUT2D eigenvalue weighted by atomic mass is 35.5. The predicted octanol–water partition coefficient (Wildman–Crippen LogP) is 2.29. The molecule has 0 bridgehead atoms. The van der Waals surface area contributed by atoms with Gasteiger partial charge in [0.2, 0.25) is 5.91 Å². The van der Waals surface area contributed by atoms with Crippen LogP contribution in [0, 0.1) is 13.8 Å². The fraction of sp³-hybridized carbons (Fsp3) is 0.500. The second-order valence-corrected chi connectivity index (χ2v) is 6.41. The Bertz CT molecular complexity index is 597. The van der Waals surface area contributed by atoms with Crippen molar-refractivity contribution < 1.29 is 14.3 Å².